The van der Waals surface area contributed by atoms with E-state index in [0.29, 0.717) is 5.56 Å². The van der Waals surface area contributed by atoms with Gasteiger partial charge in [-0.25, -0.2) is 29.9 Å². The first-order valence-electron chi connectivity index (χ1n) is 52.6. The summed E-state index contributed by atoms with van der Waals surface area (Å²) in [6.07, 6.45) is 10.6. The molecule has 0 spiro atoms. The molecule has 0 unspecified atom stereocenters. The lowest BCUT2D eigenvalue weighted by Crippen LogP contribution is -2.16. The second-order valence-electron chi connectivity index (χ2n) is 42.4. The van der Waals surface area contributed by atoms with Gasteiger partial charge in [-0.15, -0.1) is 0 Å². The Morgan fingerprint density at radius 3 is 0.549 bits per heavy atom. The number of rotatable bonds is 19. The number of aldehydes is 1. The molecule has 9 aromatic heterocycles. The quantitative estimate of drug-likeness (QED) is 0.0434. The summed E-state index contributed by atoms with van der Waals surface area (Å²) in [7, 11) is 0. The van der Waals surface area contributed by atoms with E-state index >= 15 is 0 Å². The molecular weight excluding hydrogens is 1730 g/mol. The second kappa shape index (κ2) is 37.3. The van der Waals surface area contributed by atoms with Gasteiger partial charge in [0.2, 0.25) is 0 Å². The number of hydrogen-bond donors (Lipinski definition) is 6. The van der Waals surface area contributed by atoms with Gasteiger partial charge in [0.05, 0.1) is 101 Å². The topological polar surface area (TPSA) is 189 Å². The molecule has 13 heteroatoms. The van der Waals surface area contributed by atoms with Crippen molar-refractivity contribution in [2.75, 3.05) is 0 Å². The fourth-order valence-electron chi connectivity index (χ4n) is 24.6. The fourth-order valence-corrected chi connectivity index (χ4v) is 24.6. The minimum atomic E-state index is -0.0983. The van der Waals surface area contributed by atoms with Crippen molar-refractivity contribution in [3.63, 3.8) is 0 Å². The highest BCUT2D eigenvalue weighted by Gasteiger charge is 2.35. The molecule has 6 aliphatic rings. The highest BCUT2D eigenvalue weighted by molar-refractivity contribution is 6.10. The normalized spacial score (nSPS) is 13.8. The lowest BCUT2D eigenvalue weighted by Gasteiger charge is -2.26. The minimum absolute atomic E-state index is 0.0983. The van der Waals surface area contributed by atoms with Crippen molar-refractivity contribution in [2.45, 2.75) is 296 Å². The minimum Gasteiger partial charge on any atom is -0.354 e. The van der Waals surface area contributed by atoms with Gasteiger partial charge in [-0.3, -0.25) is 4.79 Å². The van der Waals surface area contributed by atoms with Gasteiger partial charge in [-0.2, -0.15) is 0 Å². The van der Waals surface area contributed by atoms with Crippen molar-refractivity contribution in [1.82, 2.24) is 59.8 Å². The van der Waals surface area contributed by atoms with E-state index in [0.717, 1.165) is 296 Å². The van der Waals surface area contributed by atoms with Crippen LogP contribution >= 0.6 is 0 Å². The smallest absolute Gasteiger partial charge is 0.150 e. The molecule has 0 saturated carbocycles. The zero-order valence-electron chi connectivity index (χ0n) is 89.8. The van der Waals surface area contributed by atoms with Crippen LogP contribution < -0.4 is 0 Å². The molecule has 4 aromatic carbocycles. The second-order valence-corrected chi connectivity index (χ2v) is 42.4. The monoisotopic (exact) mass is 1880 g/mol. The van der Waals surface area contributed by atoms with Crippen LogP contribution in [-0.2, 0) is 49.4 Å². The Balaban J connectivity index is 0.819. The Morgan fingerprint density at radius 1 is 0.225 bits per heavy atom. The first kappa shape index (κ1) is 97.2. The first-order valence-corrected chi connectivity index (χ1v) is 52.6. The van der Waals surface area contributed by atoms with E-state index in [-0.39, 0.29) is 10.8 Å². The van der Waals surface area contributed by atoms with E-state index in [1.807, 2.05) is 12.1 Å². The number of hydrogen-bond acceptors (Lipinski definition) is 7. The maximum atomic E-state index is 12.2. The molecule has 0 saturated heterocycles. The highest BCUT2D eigenvalue weighted by Crippen LogP contribution is 2.52. The largest absolute Gasteiger partial charge is 0.354 e. The lowest BCUT2D eigenvalue weighted by molar-refractivity contribution is 0.112. The number of carbonyl (C=O) groups excluding carboxylic acids is 1. The Kier molecular flexibility index (Phi) is 25.6. The van der Waals surface area contributed by atoms with Crippen molar-refractivity contribution in [3.05, 3.63) is 279 Å². The number of H-pyrrole nitrogens is 6. The van der Waals surface area contributed by atoms with E-state index in [9.17, 15) is 4.79 Å². The summed E-state index contributed by atoms with van der Waals surface area (Å²) in [5, 5.41) is 0. The van der Waals surface area contributed by atoms with Gasteiger partial charge in [0.25, 0.3) is 0 Å². The number of benzene rings is 4. The van der Waals surface area contributed by atoms with Crippen LogP contribution in [0, 0.1) is 41.5 Å². The summed E-state index contributed by atoms with van der Waals surface area (Å²) in [5.74, 6) is 0. The van der Waals surface area contributed by atoms with Gasteiger partial charge < -0.3 is 29.9 Å². The summed E-state index contributed by atoms with van der Waals surface area (Å²) in [6.45, 7) is 68.9. The summed E-state index contributed by atoms with van der Waals surface area (Å²) >= 11 is 0. The molecule has 24 bridgehead atoms. The number of aromatic nitrogens is 12. The van der Waals surface area contributed by atoms with Gasteiger partial charge in [0, 0.05) is 72.0 Å². The lowest BCUT2D eigenvalue weighted by atomic mass is 9.78. The third-order valence-electron chi connectivity index (χ3n) is 32.6. The third-order valence-corrected chi connectivity index (χ3v) is 32.6. The average molecular weight is 1880 g/mol. The van der Waals surface area contributed by atoms with Crippen LogP contribution in [0.4, 0.5) is 0 Å². The van der Waals surface area contributed by atoms with E-state index < -0.39 is 0 Å². The van der Waals surface area contributed by atoms with E-state index in [1.54, 1.807) is 0 Å². The first-order chi connectivity index (χ1) is 68.1. The maximum absolute atomic E-state index is 12.2. The molecule has 0 aliphatic carbocycles. The van der Waals surface area contributed by atoms with Crippen LogP contribution in [-0.4, -0.2) is 66.1 Å². The van der Waals surface area contributed by atoms with Gasteiger partial charge in [-0.05, 0) is 386 Å². The van der Waals surface area contributed by atoms with Gasteiger partial charge in [0.1, 0.15) is 6.29 Å². The summed E-state index contributed by atoms with van der Waals surface area (Å²) in [6, 6.07) is 48.2. The van der Waals surface area contributed by atoms with E-state index in [2.05, 4.69) is 353 Å². The Morgan fingerprint density at radius 2 is 0.394 bits per heavy atom. The molecular formula is C129H142N12O. The van der Waals surface area contributed by atoms with Crippen LogP contribution in [0.1, 0.15) is 361 Å². The zero-order chi connectivity index (χ0) is 101. The van der Waals surface area contributed by atoms with E-state index in [4.69, 9.17) is 29.9 Å². The summed E-state index contributed by atoms with van der Waals surface area (Å²) in [5.41, 5.74) is 69.3. The number of nitrogens with zero attached hydrogens (tertiary/aromatic N) is 6. The maximum Gasteiger partial charge on any atom is 0.150 e. The molecule has 0 amide bonds. The van der Waals surface area contributed by atoms with Crippen molar-refractivity contribution in [2.24, 2.45) is 0 Å². The van der Waals surface area contributed by atoms with Gasteiger partial charge >= 0.3 is 0 Å². The predicted octanol–water partition coefficient (Wildman–Crippen LogP) is 35.2. The molecule has 13 nitrogen and oxygen atoms in total. The van der Waals surface area contributed by atoms with Crippen molar-refractivity contribution >= 4 is 139 Å². The Labute approximate surface area is 839 Å². The molecule has 0 fully saturated rings. The van der Waals surface area contributed by atoms with Crippen LogP contribution in [0.15, 0.2) is 127 Å². The molecule has 724 valence electrons. The molecule has 13 aromatic rings. The average Bonchev–Trinajstić information content (AvgIpc) is 1.59. The number of aromatic amines is 6. The molecule has 6 aliphatic heterocycles. The van der Waals surface area contributed by atoms with Crippen LogP contribution in [0.2, 0.25) is 0 Å². The van der Waals surface area contributed by atoms with Gasteiger partial charge in [-0.1, -0.05) is 216 Å². The van der Waals surface area contributed by atoms with Crippen molar-refractivity contribution in [3.8, 4) is 66.8 Å². The fraction of sp³-hybridized carbons (Fsp3) is 0.341. The molecule has 19 rings (SSSR count). The Hall–Kier alpha value is -13.7. The SMILES string of the molecule is CCC1=C(C)c2nc1cc1[nH]c(c(C)c1CC)c(-c1ccc(C=O)cc1)c1nc(cc3[nH]c(c(C)c3CC)c2-c2ccc(-c3c4nc(cc5[nH]c(c(C)c5CC)c(-c5ccc(-c6c7nc(cc8[nH]c(c(C)c8CC)c(-c8cc(C(C)(C)C)cc(C(C)(C)C)c8)c8nc(cc9[nH]c6c(C)c9CC)C(CC)=C8C)C(CC)=C7C)cc5)c5nc(cc6[nH]c3c(C)c6CC)C(CC)=C5C)C(CC)=C4C)cc2)C(CC)=C1C. The van der Waals surface area contributed by atoms with Crippen LogP contribution in [0.25, 0.3) is 200 Å². The van der Waals surface area contributed by atoms with Crippen molar-refractivity contribution < 1.29 is 4.79 Å². The third kappa shape index (κ3) is 15.8. The highest BCUT2D eigenvalue weighted by atomic mass is 16.1. The molecule has 0 atom stereocenters. The zero-order valence-corrected chi connectivity index (χ0v) is 89.8. The molecule has 142 heavy (non-hydrogen) atoms. The standard InChI is InChI=1S/C129H142N12O/c1-31-86-65(13)116-110(78-45-43-77(64-142)44-46-78)117-66(14)87(32-2)99(131-117)59-101-89(34-4)68(16)119(133-101)111(118-67(15)88(33-3)100(132-118)58-98(86)130-116)79-47-49-80(50-48-79)112-120-69(17)90(35-5)102(134-120)60-104-92(37-7)71(19)122(136-104)113(123-72(20)93(38-8)105(137-123)61-103-91(36-6)70(18)121(112)135-103)81-51-53-82(54-52-81)114-124-73(21)94(39-9)106(138-124)62-108-96(41-11)75(23)126(140-108)115(83-55-84(128(25,26)27)57-85(56-83)129(28,29)30)127-76(24)97(42-12)109(141-127)63-107-95(40-10)74(22)125(114)139-107/h43-64,130,133-134,137-138,141H,31-42H2,1-30H3. The van der Waals surface area contributed by atoms with Crippen LogP contribution in [0.5, 0.6) is 0 Å². The van der Waals surface area contributed by atoms with Crippen molar-refractivity contribution in [1.29, 1.82) is 0 Å². The summed E-state index contributed by atoms with van der Waals surface area (Å²) < 4.78 is 0. The predicted molar refractivity (Wildman–Crippen MR) is 607 cm³/mol. The molecule has 0 radical (unpaired) electrons. The number of nitrogens with one attached hydrogen (secondary N) is 6. The van der Waals surface area contributed by atoms with E-state index in [1.165, 1.54) is 134 Å². The number of allylic oxidation sites excluding steroid dienone is 12. The number of fused-ring (bicyclic) bond motifs is 24. The molecule has 15 heterocycles. The number of carbonyl (C=O) groups is 1. The number of aryl methyl sites for hydroxylation is 12. The van der Waals surface area contributed by atoms with Crippen LogP contribution in [0.3, 0.4) is 0 Å². The Bertz CT molecular complexity index is 8180. The summed E-state index contributed by atoms with van der Waals surface area (Å²) in [4.78, 5) is 72.6. The van der Waals surface area contributed by atoms with Gasteiger partial charge in [0.15, 0.2) is 0 Å². The molecule has 6 N–H and O–H groups in total.